The van der Waals surface area contributed by atoms with Gasteiger partial charge in [0.25, 0.3) is 0 Å². The quantitative estimate of drug-likeness (QED) is 0.269. The Morgan fingerprint density at radius 2 is 1.97 bits per heavy atom. The van der Waals surface area contributed by atoms with E-state index in [9.17, 15) is 19.2 Å². The van der Waals surface area contributed by atoms with Gasteiger partial charge in [0.05, 0.1) is 24.5 Å². The van der Waals surface area contributed by atoms with Crippen molar-refractivity contribution in [1.29, 1.82) is 0 Å². The van der Waals surface area contributed by atoms with Crippen molar-refractivity contribution in [2.24, 2.45) is 0 Å². The fourth-order valence-corrected chi connectivity index (χ4v) is 3.70. The zero-order valence-electron chi connectivity index (χ0n) is 20.3. The smallest absolute Gasteiger partial charge is 0.305 e. The largest absolute Gasteiger partial charge is 0.481 e. The highest BCUT2D eigenvalue weighted by Gasteiger charge is 2.33. The number of ketones is 1. The molecule has 1 atom stereocenters. The Balaban J connectivity index is 1.79. The van der Waals surface area contributed by atoms with Gasteiger partial charge in [0.1, 0.15) is 5.82 Å². The number of aromatic nitrogens is 1. The Morgan fingerprint density at radius 3 is 2.68 bits per heavy atom. The van der Waals surface area contributed by atoms with Crippen LogP contribution in [0.4, 0.5) is 5.82 Å². The van der Waals surface area contributed by atoms with Crippen molar-refractivity contribution in [3.63, 3.8) is 0 Å². The fraction of sp³-hybridized carbons (Fsp3) is 0.625. The van der Waals surface area contributed by atoms with Crippen LogP contribution in [0.5, 0.6) is 0 Å². The first-order valence-corrected chi connectivity index (χ1v) is 11.9. The molecule has 0 bridgehead atoms. The Kier molecular flexibility index (Phi) is 10.4. The Hall–Kier alpha value is -3.01. The minimum atomic E-state index is -1.20. The Bertz CT molecular complexity index is 887. The van der Waals surface area contributed by atoms with E-state index in [0.29, 0.717) is 25.8 Å². The van der Waals surface area contributed by atoms with Crippen LogP contribution in [-0.2, 0) is 32.0 Å². The number of nitrogens with one attached hydrogen (secondary N) is 4. The topological polar surface area (TPSA) is 150 Å². The number of aryl methyl sites for hydroxylation is 2. The molecule has 2 rings (SSSR count). The number of carbonyl (C=O) groups is 4. The summed E-state index contributed by atoms with van der Waals surface area (Å²) in [6, 6.07) is 3.01. The molecule has 0 fully saturated rings. The maximum absolute atomic E-state index is 12.7. The number of nitrogens with zero attached hydrogens (tertiary/aromatic N) is 1. The number of hydrogen-bond donors (Lipinski definition) is 5. The molecule has 2 amide bonds. The van der Waals surface area contributed by atoms with Crippen LogP contribution in [0, 0.1) is 0 Å². The number of hydrogen-bond acceptors (Lipinski definition) is 7. The molecule has 2 heterocycles. The summed E-state index contributed by atoms with van der Waals surface area (Å²) in [7, 11) is 0. The molecule has 34 heavy (non-hydrogen) atoms. The molecule has 0 aromatic carbocycles. The molecule has 188 valence electrons. The van der Waals surface area contributed by atoms with Crippen LogP contribution in [0.1, 0.15) is 64.1 Å². The van der Waals surface area contributed by atoms with E-state index in [1.165, 1.54) is 5.56 Å². The van der Waals surface area contributed by atoms with Crippen molar-refractivity contribution < 1.29 is 24.3 Å². The average Bonchev–Trinajstić information content (AvgIpc) is 2.79. The van der Waals surface area contributed by atoms with Gasteiger partial charge in [-0.25, -0.2) is 4.98 Å². The number of anilines is 1. The van der Waals surface area contributed by atoms with E-state index in [1.807, 2.05) is 13.0 Å². The van der Waals surface area contributed by atoms with Gasteiger partial charge in [-0.3, -0.25) is 24.5 Å². The number of carboxylic acids is 1. The second-order valence-electron chi connectivity index (χ2n) is 9.10. The summed E-state index contributed by atoms with van der Waals surface area (Å²) in [5.74, 6) is -1.28. The van der Waals surface area contributed by atoms with Crippen LogP contribution < -0.4 is 21.3 Å². The maximum atomic E-state index is 12.7. The van der Waals surface area contributed by atoms with Crippen molar-refractivity contribution in [2.45, 2.75) is 77.3 Å². The Morgan fingerprint density at radius 1 is 1.21 bits per heavy atom. The molecule has 0 spiro atoms. The molecule has 10 heteroatoms. The number of aliphatic carboxylic acids is 1. The van der Waals surface area contributed by atoms with Gasteiger partial charge in [-0.2, -0.15) is 0 Å². The first-order valence-electron chi connectivity index (χ1n) is 11.9. The highest BCUT2D eigenvalue weighted by molar-refractivity contribution is 5.93. The van der Waals surface area contributed by atoms with E-state index in [0.717, 1.165) is 30.9 Å². The van der Waals surface area contributed by atoms with Crippen LogP contribution in [0.25, 0.3) is 0 Å². The van der Waals surface area contributed by atoms with Crippen molar-refractivity contribution in [2.75, 3.05) is 25.0 Å². The van der Waals surface area contributed by atoms with Gasteiger partial charge in [-0.1, -0.05) is 13.0 Å². The van der Waals surface area contributed by atoms with E-state index < -0.39 is 29.9 Å². The molecule has 1 aliphatic heterocycles. The van der Waals surface area contributed by atoms with Crippen molar-refractivity contribution in [3.8, 4) is 0 Å². The molecular formula is C24H37N5O5. The molecule has 0 aliphatic carbocycles. The second-order valence-corrected chi connectivity index (χ2v) is 9.10. The van der Waals surface area contributed by atoms with E-state index >= 15 is 0 Å². The molecule has 0 saturated carbocycles. The highest BCUT2D eigenvalue weighted by atomic mass is 16.4. The first-order chi connectivity index (χ1) is 16.1. The zero-order chi connectivity index (χ0) is 25.1. The predicted octanol–water partition coefficient (Wildman–Crippen LogP) is 1.19. The van der Waals surface area contributed by atoms with Gasteiger partial charge in [-0.15, -0.1) is 0 Å². The SMILES string of the molecule is CCCNC(=O)C(CC(=O)O)NC(C)(C)C(=O)CNC(=O)CCCc1ccc2c(n1)NCCC2. The molecule has 1 unspecified atom stereocenters. The summed E-state index contributed by atoms with van der Waals surface area (Å²) in [4.78, 5) is 53.0. The lowest BCUT2D eigenvalue weighted by Gasteiger charge is -2.29. The van der Waals surface area contributed by atoms with Gasteiger partial charge in [0, 0.05) is 25.2 Å². The first kappa shape index (κ1) is 27.2. The summed E-state index contributed by atoms with van der Waals surface area (Å²) in [6.07, 6.45) is 3.90. The van der Waals surface area contributed by atoms with E-state index in [-0.39, 0.29) is 24.7 Å². The number of carbonyl (C=O) groups excluding carboxylic acids is 3. The normalized spacial score (nSPS) is 13.9. The number of rotatable bonds is 14. The fourth-order valence-electron chi connectivity index (χ4n) is 3.70. The minimum absolute atomic E-state index is 0.212. The number of amides is 2. The molecule has 10 nitrogen and oxygen atoms in total. The third-order valence-corrected chi connectivity index (χ3v) is 5.71. The van der Waals surface area contributed by atoms with Gasteiger partial charge in [0.15, 0.2) is 5.78 Å². The molecule has 1 aromatic heterocycles. The lowest BCUT2D eigenvalue weighted by molar-refractivity contribution is -0.140. The second kappa shape index (κ2) is 13.0. The van der Waals surface area contributed by atoms with Crippen molar-refractivity contribution >= 4 is 29.4 Å². The van der Waals surface area contributed by atoms with Crippen LogP contribution in [-0.4, -0.2) is 64.9 Å². The number of carboxylic acid groups (broad SMARTS) is 1. The predicted molar refractivity (Wildman–Crippen MR) is 129 cm³/mol. The summed E-state index contributed by atoms with van der Waals surface area (Å²) in [5, 5.41) is 20.5. The maximum Gasteiger partial charge on any atom is 0.305 e. The van der Waals surface area contributed by atoms with E-state index in [2.05, 4.69) is 32.3 Å². The lowest BCUT2D eigenvalue weighted by Crippen LogP contribution is -2.58. The molecule has 0 saturated heterocycles. The number of fused-ring (bicyclic) bond motifs is 1. The lowest BCUT2D eigenvalue weighted by atomic mass is 9.96. The molecular weight excluding hydrogens is 438 g/mol. The van der Waals surface area contributed by atoms with Crippen LogP contribution in [0.3, 0.4) is 0 Å². The molecule has 0 radical (unpaired) electrons. The summed E-state index contributed by atoms with van der Waals surface area (Å²) in [6.45, 7) is 6.15. The van der Waals surface area contributed by atoms with Crippen molar-refractivity contribution in [3.05, 3.63) is 23.4 Å². The standard InChI is InChI=1S/C24H37N5O5/c1-4-12-26-23(34)18(14-21(32)33)29-24(2,3)19(30)15-27-20(31)9-5-8-17-11-10-16-7-6-13-25-22(16)28-17/h10-11,18,29H,4-9,12-15H2,1-3H3,(H,25,28)(H,26,34)(H,27,31)(H,32,33). The third-order valence-electron chi connectivity index (χ3n) is 5.71. The number of pyridine rings is 1. The van der Waals surface area contributed by atoms with Crippen LogP contribution in [0.2, 0.25) is 0 Å². The summed E-state index contributed by atoms with van der Waals surface area (Å²) < 4.78 is 0. The Labute approximate surface area is 200 Å². The highest BCUT2D eigenvalue weighted by Crippen LogP contribution is 2.20. The molecule has 1 aliphatic rings. The van der Waals surface area contributed by atoms with Crippen LogP contribution >= 0.6 is 0 Å². The number of Topliss-reactive ketones (excluding diaryl/α,β-unsaturated/α-hetero) is 1. The van der Waals surface area contributed by atoms with Gasteiger partial charge in [-0.05, 0) is 57.6 Å². The molecule has 5 N–H and O–H groups in total. The van der Waals surface area contributed by atoms with Gasteiger partial charge < -0.3 is 21.1 Å². The van der Waals surface area contributed by atoms with E-state index in [1.54, 1.807) is 13.8 Å². The van der Waals surface area contributed by atoms with Crippen molar-refractivity contribution in [1.82, 2.24) is 20.9 Å². The van der Waals surface area contributed by atoms with Gasteiger partial charge >= 0.3 is 5.97 Å². The molecule has 1 aromatic rings. The summed E-state index contributed by atoms with van der Waals surface area (Å²) >= 11 is 0. The minimum Gasteiger partial charge on any atom is -0.481 e. The summed E-state index contributed by atoms with van der Waals surface area (Å²) in [5.41, 5.74) is 0.945. The van der Waals surface area contributed by atoms with Gasteiger partial charge in [0.2, 0.25) is 11.8 Å². The zero-order valence-corrected chi connectivity index (χ0v) is 20.3. The van der Waals surface area contributed by atoms with Crippen LogP contribution in [0.15, 0.2) is 12.1 Å². The van der Waals surface area contributed by atoms with E-state index in [4.69, 9.17) is 5.11 Å². The third kappa shape index (κ3) is 8.74. The average molecular weight is 476 g/mol. The monoisotopic (exact) mass is 475 g/mol.